The molecule has 0 bridgehead atoms. The zero-order chi connectivity index (χ0) is 14.0. The molecule has 2 heterocycles. The second-order valence-corrected chi connectivity index (χ2v) is 5.07. The topological polar surface area (TPSA) is 68.5 Å². The summed E-state index contributed by atoms with van der Waals surface area (Å²) in [6.45, 7) is 4.90. The van der Waals surface area contributed by atoms with Crippen LogP contribution in [0.2, 0.25) is 0 Å². The van der Waals surface area contributed by atoms with Crippen molar-refractivity contribution in [1.29, 1.82) is 0 Å². The maximum Gasteiger partial charge on any atom is 0.308 e. The Balaban J connectivity index is 2.36. The van der Waals surface area contributed by atoms with Crippen molar-refractivity contribution in [2.75, 3.05) is 6.61 Å². The Morgan fingerprint density at radius 1 is 1.53 bits per heavy atom. The van der Waals surface area contributed by atoms with Crippen molar-refractivity contribution in [3.05, 3.63) is 33.2 Å². The molecule has 0 aliphatic carbocycles. The molecule has 0 spiro atoms. The van der Waals surface area contributed by atoms with Crippen molar-refractivity contribution in [3.63, 3.8) is 0 Å². The molecule has 5 heteroatoms. The smallest absolute Gasteiger partial charge is 0.308 e. The van der Waals surface area contributed by atoms with Crippen molar-refractivity contribution in [3.8, 4) is 0 Å². The molecule has 1 N–H and O–H groups in total. The van der Waals surface area contributed by atoms with E-state index in [0.717, 1.165) is 30.7 Å². The van der Waals surface area contributed by atoms with Gasteiger partial charge in [-0.25, -0.2) is 0 Å². The molecular weight excluding hydrogens is 246 g/mol. The molecule has 104 valence electrons. The number of pyridine rings is 1. The second kappa shape index (κ2) is 5.57. The molecule has 0 aromatic carbocycles. The summed E-state index contributed by atoms with van der Waals surface area (Å²) in [6.07, 6.45) is 1.81. The monoisotopic (exact) mass is 265 g/mol. The first-order valence-corrected chi connectivity index (χ1v) is 6.52. The number of aromatic nitrogens is 1. The number of rotatable bonds is 4. The van der Waals surface area contributed by atoms with Crippen LogP contribution in [0.5, 0.6) is 0 Å². The Bertz CT molecular complexity index is 541. The molecule has 1 atom stereocenters. The zero-order valence-corrected chi connectivity index (χ0v) is 11.3. The van der Waals surface area contributed by atoms with Gasteiger partial charge in [0.2, 0.25) is 0 Å². The van der Waals surface area contributed by atoms with Gasteiger partial charge in [0, 0.05) is 17.9 Å². The van der Waals surface area contributed by atoms with Crippen LogP contribution in [-0.2, 0) is 22.5 Å². The quantitative estimate of drug-likeness (QED) is 0.890. The average Bonchev–Trinajstić information content (AvgIpc) is 2.82. The van der Waals surface area contributed by atoms with Crippen LogP contribution in [0.3, 0.4) is 0 Å². The maximum absolute atomic E-state index is 12.4. The summed E-state index contributed by atoms with van der Waals surface area (Å²) >= 11 is 0. The van der Waals surface area contributed by atoms with E-state index in [0.29, 0.717) is 12.1 Å². The maximum atomic E-state index is 12.4. The van der Waals surface area contributed by atoms with Gasteiger partial charge in [0.1, 0.15) is 0 Å². The molecule has 1 aromatic heterocycles. The van der Waals surface area contributed by atoms with Crippen molar-refractivity contribution in [1.82, 2.24) is 4.57 Å². The third kappa shape index (κ3) is 3.04. The first-order valence-electron chi connectivity index (χ1n) is 6.52. The van der Waals surface area contributed by atoms with Crippen LogP contribution in [0.4, 0.5) is 0 Å². The standard InChI is InChI=1S/C14H19NO4/c1-9-6-10(2)15(8-11-4-3-5-19-11)14(18)12(9)7-13(16)17/h6,11H,3-5,7-8H2,1-2H3,(H,16,17). The Morgan fingerprint density at radius 3 is 2.84 bits per heavy atom. The molecule has 2 rings (SSSR count). The fraction of sp³-hybridized carbons (Fsp3) is 0.571. The first kappa shape index (κ1) is 13.8. The van der Waals surface area contributed by atoms with Gasteiger partial charge in [-0.1, -0.05) is 0 Å². The summed E-state index contributed by atoms with van der Waals surface area (Å²) in [6, 6.07) is 1.87. The van der Waals surface area contributed by atoms with Gasteiger partial charge in [-0.15, -0.1) is 0 Å². The predicted octanol–water partition coefficient (Wildman–Crippen LogP) is 1.27. The number of hydrogen-bond acceptors (Lipinski definition) is 3. The molecule has 1 saturated heterocycles. The van der Waals surface area contributed by atoms with Gasteiger partial charge in [0.15, 0.2) is 0 Å². The van der Waals surface area contributed by atoms with E-state index in [9.17, 15) is 9.59 Å². The minimum absolute atomic E-state index is 0.0665. The van der Waals surface area contributed by atoms with E-state index in [4.69, 9.17) is 9.84 Å². The van der Waals surface area contributed by atoms with Crippen LogP contribution in [-0.4, -0.2) is 28.4 Å². The summed E-state index contributed by atoms with van der Waals surface area (Å²) in [5, 5.41) is 8.89. The summed E-state index contributed by atoms with van der Waals surface area (Å²) in [4.78, 5) is 23.2. The van der Waals surface area contributed by atoms with Crippen LogP contribution < -0.4 is 5.56 Å². The van der Waals surface area contributed by atoms with Gasteiger partial charge in [-0.2, -0.15) is 0 Å². The minimum Gasteiger partial charge on any atom is -0.481 e. The molecular formula is C14H19NO4. The number of ether oxygens (including phenoxy) is 1. The number of aliphatic carboxylic acids is 1. The number of hydrogen-bond donors (Lipinski definition) is 1. The molecule has 1 aliphatic rings. The van der Waals surface area contributed by atoms with Crippen LogP contribution >= 0.6 is 0 Å². The van der Waals surface area contributed by atoms with Gasteiger partial charge >= 0.3 is 5.97 Å². The lowest BCUT2D eigenvalue weighted by molar-refractivity contribution is -0.136. The first-order chi connectivity index (χ1) is 8.99. The van der Waals surface area contributed by atoms with Crippen molar-refractivity contribution in [2.24, 2.45) is 0 Å². The van der Waals surface area contributed by atoms with E-state index in [-0.39, 0.29) is 18.1 Å². The normalized spacial score (nSPS) is 18.7. The number of nitrogens with zero attached hydrogens (tertiary/aromatic N) is 1. The Kier molecular flexibility index (Phi) is 4.04. The average molecular weight is 265 g/mol. The highest BCUT2D eigenvalue weighted by molar-refractivity contribution is 5.70. The molecule has 19 heavy (non-hydrogen) atoms. The van der Waals surface area contributed by atoms with E-state index in [1.807, 2.05) is 13.0 Å². The number of carbonyl (C=O) groups is 1. The number of carboxylic acids is 1. The summed E-state index contributed by atoms with van der Waals surface area (Å²) in [5.74, 6) is -0.979. The molecule has 0 saturated carbocycles. The Morgan fingerprint density at radius 2 is 2.26 bits per heavy atom. The second-order valence-electron chi connectivity index (χ2n) is 5.07. The van der Waals surface area contributed by atoms with Crippen LogP contribution in [0.25, 0.3) is 0 Å². The van der Waals surface area contributed by atoms with Gasteiger partial charge in [0.05, 0.1) is 19.1 Å². The molecule has 1 fully saturated rings. The van der Waals surface area contributed by atoms with E-state index in [1.54, 1.807) is 11.5 Å². The third-order valence-electron chi connectivity index (χ3n) is 3.57. The largest absolute Gasteiger partial charge is 0.481 e. The van der Waals surface area contributed by atoms with Gasteiger partial charge in [-0.05, 0) is 38.3 Å². The van der Waals surface area contributed by atoms with Crippen LogP contribution in [0.15, 0.2) is 10.9 Å². The highest BCUT2D eigenvalue weighted by Gasteiger charge is 2.19. The molecule has 1 aromatic rings. The number of carboxylic acid groups (broad SMARTS) is 1. The fourth-order valence-electron chi connectivity index (χ4n) is 2.56. The highest BCUT2D eigenvalue weighted by Crippen LogP contribution is 2.15. The predicted molar refractivity (Wildman–Crippen MR) is 70.5 cm³/mol. The summed E-state index contributed by atoms with van der Waals surface area (Å²) in [7, 11) is 0. The Labute approximate surface area is 111 Å². The Hall–Kier alpha value is -1.62. The lowest BCUT2D eigenvalue weighted by Crippen LogP contribution is -2.32. The highest BCUT2D eigenvalue weighted by atomic mass is 16.5. The van der Waals surface area contributed by atoms with Gasteiger partial charge < -0.3 is 14.4 Å². The SMILES string of the molecule is Cc1cc(C)n(CC2CCCO2)c(=O)c1CC(=O)O. The molecule has 0 amide bonds. The molecule has 0 radical (unpaired) electrons. The molecule has 1 aliphatic heterocycles. The van der Waals surface area contributed by atoms with Gasteiger partial charge in [0.25, 0.3) is 5.56 Å². The summed E-state index contributed by atoms with van der Waals surface area (Å²) < 4.78 is 7.18. The van der Waals surface area contributed by atoms with Crippen molar-refractivity contribution in [2.45, 2.75) is 45.8 Å². The van der Waals surface area contributed by atoms with E-state index in [2.05, 4.69) is 0 Å². The van der Waals surface area contributed by atoms with E-state index >= 15 is 0 Å². The molecule has 5 nitrogen and oxygen atoms in total. The molecule has 1 unspecified atom stereocenters. The van der Waals surface area contributed by atoms with E-state index < -0.39 is 5.97 Å². The van der Waals surface area contributed by atoms with Crippen LogP contribution in [0, 0.1) is 13.8 Å². The number of aryl methyl sites for hydroxylation is 2. The lowest BCUT2D eigenvalue weighted by Gasteiger charge is -2.17. The van der Waals surface area contributed by atoms with Crippen LogP contribution in [0.1, 0.15) is 29.7 Å². The fourth-order valence-corrected chi connectivity index (χ4v) is 2.56. The van der Waals surface area contributed by atoms with Crippen molar-refractivity contribution >= 4 is 5.97 Å². The lowest BCUT2D eigenvalue weighted by atomic mass is 10.1. The summed E-state index contributed by atoms with van der Waals surface area (Å²) in [5.41, 5.74) is 1.77. The zero-order valence-electron chi connectivity index (χ0n) is 11.3. The van der Waals surface area contributed by atoms with Crippen molar-refractivity contribution < 1.29 is 14.6 Å². The minimum atomic E-state index is -0.979. The van der Waals surface area contributed by atoms with E-state index in [1.165, 1.54) is 0 Å². The van der Waals surface area contributed by atoms with Gasteiger partial charge in [-0.3, -0.25) is 9.59 Å². The third-order valence-corrected chi connectivity index (χ3v) is 3.57.